The van der Waals surface area contributed by atoms with Crippen LogP contribution in [0.5, 0.6) is 0 Å². The summed E-state index contributed by atoms with van der Waals surface area (Å²) in [5, 5.41) is 11.9. The van der Waals surface area contributed by atoms with Crippen molar-refractivity contribution in [3.63, 3.8) is 0 Å². The normalized spacial score (nSPS) is 28.3. The number of rotatable bonds is 11. The highest BCUT2D eigenvalue weighted by Crippen LogP contribution is 2.67. The monoisotopic (exact) mass is 536 g/mol. The molecule has 1 unspecified atom stereocenters. The molecule has 0 saturated heterocycles. The molecule has 0 amide bonds. The third-order valence-electron chi connectivity index (χ3n) is 8.98. The second kappa shape index (κ2) is 12.4. The fourth-order valence-electron chi connectivity index (χ4n) is 6.71. The van der Waals surface area contributed by atoms with Crippen molar-refractivity contribution in [2.24, 2.45) is 28.1 Å². The number of aliphatic hydroxyl groups excluding tert-OH is 1. The minimum absolute atomic E-state index is 0.117. The van der Waals surface area contributed by atoms with Crippen molar-refractivity contribution in [1.29, 1.82) is 0 Å². The van der Waals surface area contributed by atoms with Gasteiger partial charge in [0.2, 0.25) is 0 Å². The first-order valence-electron chi connectivity index (χ1n) is 14.6. The van der Waals surface area contributed by atoms with Gasteiger partial charge in [-0.05, 0) is 105 Å². The summed E-state index contributed by atoms with van der Waals surface area (Å²) in [6.45, 7) is 21.6. The van der Waals surface area contributed by atoms with Gasteiger partial charge in [0.1, 0.15) is 5.76 Å². The standard InChI is InChI=1S/C35H52O4/c1-22(2)13-12-19-33(11)27(16-14-23(3)4)21-34(20-18-25(7)8)30(37)28(17-15-24(5)6)31(38)35(33,32(34)39)29(36)26(9)10/h13-15,18,26-27,37H,12,16-17,19-21H2,1-11H3/t27?,33-,34-,35+/m0/s1. The molecule has 2 bridgehead atoms. The van der Waals surface area contributed by atoms with Crippen LogP contribution < -0.4 is 0 Å². The molecule has 2 rings (SSSR count). The Labute approximate surface area is 237 Å². The number of hydrogen-bond donors (Lipinski definition) is 1. The molecule has 0 heterocycles. The van der Waals surface area contributed by atoms with Crippen LogP contribution in [0.4, 0.5) is 0 Å². The van der Waals surface area contributed by atoms with Crippen molar-refractivity contribution in [1.82, 2.24) is 0 Å². The summed E-state index contributed by atoms with van der Waals surface area (Å²) in [5.74, 6) is -1.93. The van der Waals surface area contributed by atoms with Crippen molar-refractivity contribution in [2.45, 2.75) is 115 Å². The van der Waals surface area contributed by atoms with Gasteiger partial charge < -0.3 is 5.11 Å². The molecule has 0 aromatic carbocycles. The number of carbonyl (C=O) groups is 3. The molecule has 0 spiro atoms. The SMILES string of the molecule is CC(C)=CCC[C@@]1(C)C(CC=C(C)C)C[C@]2(CC=C(C)C)C(=O)[C@@]1(C(=O)C(C)C)C(=O)C(CC=C(C)C)=C2O. The Morgan fingerprint density at radius 3 is 1.92 bits per heavy atom. The van der Waals surface area contributed by atoms with Crippen LogP contribution in [0.25, 0.3) is 0 Å². The number of allylic oxidation sites excluding steroid dienone is 10. The summed E-state index contributed by atoms with van der Waals surface area (Å²) in [4.78, 5) is 44.3. The molecule has 4 nitrogen and oxygen atoms in total. The molecular formula is C35H52O4. The van der Waals surface area contributed by atoms with E-state index in [4.69, 9.17) is 0 Å². The van der Waals surface area contributed by atoms with Crippen molar-refractivity contribution >= 4 is 17.3 Å². The zero-order chi connectivity index (χ0) is 29.9. The average Bonchev–Trinajstić information content (AvgIpc) is 2.81. The van der Waals surface area contributed by atoms with Gasteiger partial charge in [-0.3, -0.25) is 14.4 Å². The molecule has 4 heteroatoms. The van der Waals surface area contributed by atoms with Crippen LogP contribution in [0.1, 0.15) is 115 Å². The van der Waals surface area contributed by atoms with Gasteiger partial charge in [0, 0.05) is 11.5 Å². The quantitative estimate of drug-likeness (QED) is 0.211. The number of ketones is 3. The first-order valence-corrected chi connectivity index (χ1v) is 14.6. The van der Waals surface area contributed by atoms with Crippen molar-refractivity contribution in [3.8, 4) is 0 Å². The number of Topliss-reactive ketones (excluding diaryl/α,β-unsaturated/α-hetero) is 3. The maximum Gasteiger partial charge on any atom is 0.184 e. The smallest absolute Gasteiger partial charge is 0.184 e. The lowest BCUT2D eigenvalue weighted by Gasteiger charge is -2.61. The Hall–Kier alpha value is -2.49. The van der Waals surface area contributed by atoms with Crippen LogP contribution in [0, 0.1) is 28.1 Å². The fourth-order valence-corrected chi connectivity index (χ4v) is 6.71. The van der Waals surface area contributed by atoms with E-state index in [2.05, 4.69) is 12.2 Å². The van der Waals surface area contributed by atoms with Gasteiger partial charge in [-0.1, -0.05) is 67.4 Å². The zero-order valence-corrected chi connectivity index (χ0v) is 26.4. The Balaban J connectivity index is 3.09. The van der Waals surface area contributed by atoms with Crippen LogP contribution >= 0.6 is 0 Å². The molecule has 216 valence electrons. The van der Waals surface area contributed by atoms with Crippen LogP contribution in [0.3, 0.4) is 0 Å². The summed E-state index contributed by atoms with van der Waals surface area (Å²) < 4.78 is 0. The maximum absolute atomic E-state index is 15.0. The van der Waals surface area contributed by atoms with Gasteiger partial charge in [0.25, 0.3) is 0 Å². The lowest BCUT2D eigenvalue weighted by atomic mass is 9.38. The van der Waals surface area contributed by atoms with E-state index in [1.165, 1.54) is 5.57 Å². The minimum atomic E-state index is -1.83. The van der Waals surface area contributed by atoms with E-state index in [0.717, 1.165) is 16.7 Å². The maximum atomic E-state index is 15.0. The molecule has 39 heavy (non-hydrogen) atoms. The lowest BCUT2D eigenvalue weighted by molar-refractivity contribution is -0.180. The van der Waals surface area contributed by atoms with E-state index in [0.29, 0.717) is 25.7 Å². The average molecular weight is 537 g/mol. The number of hydrogen-bond acceptors (Lipinski definition) is 4. The first kappa shape index (κ1) is 32.7. The second-order valence-electron chi connectivity index (χ2n) is 13.5. The summed E-state index contributed by atoms with van der Waals surface area (Å²) >= 11 is 0. The summed E-state index contributed by atoms with van der Waals surface area (Å²) in [6, 6.07) is 0. The number of carbonyl (C=O) groups excluding carboxylic acids is 3. The Bertz CT molecular complexity index is 1140. The molecule has 0 aromatic rings. The van der Waals surface area contributed by atoms with Crippen LogP contribution in [0.15, 0.2) is 57.9 Å². The van der Waals surface area contributed by atoms with Crippen molar-refractivity contribution in [2.75, 3.05) is 0 Å². The molecule has 1 N–H and O–H groups in total. The largest absolute Gasteiger partial charge is 0.511 e. The minimum Gasteiger partial charge on any atom is -0.511 e. The second-order valence-corrected chi connectivity index (χ2v) is 13.5. The number of aliphatic hydroxyl groups is 1. The molecule has 2 aliphatic rings. The highest BCUT2D eigenvalue weighted by Gasteiger charge is 2.75. The topological polar surface area (TPSA) is 71.4 Å². The molecule has 4 atom stereocenters. The molecule has 0 aliphatic heterocycles. The number of fused-ring (bicyclic) bond motifs is 2. The van der Waals surface area contributed by atoms with E-state index in [1.54, 1.807) is 13.8 Å². The van der Waals surface area contributed by atoms with Gasteiger partial charge in [-0.2, -0.15) is 0 Å². The van der Waals surface area contributed by atoms with Crippen LogP contribution in [0.2, 0.25) is 0 Å². The van der Waals surface area contributed by atoms with E-state index >= 15 is 0 Å². The molecule has 0 aromatic heterocycles. The predicted octanol–water partition coefficient (Wildman–Crippen LogP) is 8.99. The Morgan fingerprint density at radius 1 is 0.897 bits per heavy atom. The zero-order valence-electron chi connectivity index (χ0n) is 26.4. The van der Waals surface area contributed by atoms with E-state index < -0.39 is 27.9 Å². The Kier molecular flexibility index (Phi) is 10.4. The molecule has 0 radical (unpaired) electrons. The van der Waals surface area contributed by atoms with Gasteiger partial charge in [0.05, 0.1) is 5.41 Å². The third kappa shape index (κ3) is 5.86. The molecular weight excluding hydrogens is 484 g/mol. The van der Waals surface area contributed by atoms with E-state index in [9.17, 15) is 19.5 Å². The highest BCUT2D eigenvalue weighted by molar-refractivity contribution is 6.33. The van der Waals surface area contributed by atoms with Gasteiger partial charge in [-0.25, -0.2) is 0 Å². The van der Waals surface area contributed by atoms with Crippen molar-refractivity contribution in [3.05, 3.63) is 57.9 Å². The highest BCUT2D eigenvalue weighted by atomic mass is 16.3. The molecule has 1 saturated carbocycles. The molecule has 2 aliphatic carbocycles. The van der Waals surface area contributed by atoms with Gasteiger partial charge in [0.15, 0.2) is 22.8 Å². The van der Waals surface area contributed by atoms with Crippen LogP contribution in [-0.4, -0.2) is 22.5 Å². The lowest BCUT2D eigenvalue weighted by Crippen LogP contribution is -2.71. The fraction of sp³-hybridized carbons (Fsp3) is 0.629. The Morgan fingerprint density at radius 2 is 1.44 bits per heavy atom. The summed E-state index contributed by atoms with van der Waals surface area (Å²) in [6.07, 6.45) is 11.0. The van der Waals surface area contributed by atoms with Crippen LogP contribution in [-0.2, 0) is 14.4 Å². The first-order chi connectivity index (χ1) is 18.0. The van der Waals surface area contributed by atoms with Crippen molar-refractivity contribution < 1.29 is 19.5 Å². The van der Waals surface area contributed by atoms with Gasteiger partial charge in [-0.15, -0.1) is 0 Å². The van der Waals surface area contributed by atoms with E-state index in [1.807, 2.05) is 74.5 Å². The molecule has 1 fully saturated rings. The predicted molar refractivity (Wildman–Crippen MR) is 161 cm³/mol. The summed E-state index contributed by atoms with van der Waals surface area (Å²) in [5.41, 5.74) is 0.583. The van der Waals surface area contributed by atoms with E-state index in [-0.39, 0.29) is 41.7 Å². The summed E-state index contributed by atoms with van der Waals surface area (Å²) in [7, 11) is 0. The van der Waals surface area contributed by atoms with Gasteiger partial charge >= 0.3 is 0 Å². The third-order valence-corrected chi connectivity index (χ3v) is 8.98.